The number of furan rings is 1. The van der Waals surface area contributed by atoms with Gasteiger partial charge in [-0.1, -0.05) is 23.7 Å². The normalized spacial score (nSPS) is 10.9. The number of aryl methyl sites for hydroxylation is 2. The first-order chi connectivity index (χ1) is 11.4. The van der Waals surface area contributed by atoms with Crippen molar-refractivity contribution in [3.63, 3.8) is 0 Å². The number of amides is 1. The highest BCUT2D eigenvalue weighted by Gasteiger charge is 2.19. The van der Waals surface area contributed by atoms with Crippen LogP contribution >= 0.6 is 11.6 Å². The Kier molecular flexibility index (Phi) is 4.24. The van der Waals surface area contributed by atoms with Gasteiger partial charge in [0.15, 0.2) is 11.3 Å². The maximum atomic E-state index is 12.6. The van der Waals surface area contributed by atoms with Gasteiger partial charge in [-0.25, -0.2) is 0 Å². The Balaban J connectivity index is 1.93. The number of nitrogens with zero attached hydrogens (tertiary/aromatic N) is 1. The fraction of sp³-hybridized carbons (Fsp3) is 0.211. The van der Waals surface area contributed by atoms with E-state index in [9.17, 15) is 4.79 Å². The van der Waals surface area contributed by atoms with Crippen molar-refractivity contribution in [2.45, 2.75) is 13.8 Å². The Hall–Kier alpha value is -2.46. The Morgan fingerprint density at radius 3 is 2.54 bits per heavy atom. The lowest BCUT2D eigenvalue weighted by atomic mass is 10.1. The van der Waals surface area contributed by atoms with Crippen LogP contribution in [0.1, 0.15) is 21.7 Å². The lowest BCUT2D eigenvalue weighted by Crippen LogP contribution is -2.14. The highest BCUT2D eigenvalue weighted by Crippen LogP contribution is 2.31. The summed E-state index contributed by atoms with van der Waals surface area (Å²) in [4.78, 5) is 14.6. The van der Waals surface area contributed by atoms with Crippen LogP contribution in [0.3, 0.4) is 0 Å². The van der Waals surface area contributed by atoms with E-state index in [1.54, 1.807) is 6.07 Å². The molecule has 2 aromatic carbocycles. The van der Waals surface area contributed by atoms with Gasteiger partial charge in [0.1, 0.15) is 0 Å². The summed E-state index contributed by atoms with van der Waals surface area (Å²) in [6.45, 7) is 3.82. The minimum absolute atomic E-state index is 0.277. The molecule has 0 atom stereocenters. The summed E-state index contributed by atoms with van der Waals surface area (Å²) >= 11 is 6.15. The number of halogens is 1. The van der Waals surface area contributed by atoms with E-state index in [4.69, 9.17) is 16.0 Å². The highest BCUT2D eigenvalue weighted by atomic mass is 35.5. The van der Waals surface area contributed by atoms with Gasteiger partial charge in [0.05, 0.1) is 5.02 Å². The fourth-order valence-corrected chi connectivity index (χ4v) is 2.88. The molecule has 4 nitrogen and oxygen atoms in total. The minimum atomic E-state index is -0.277. The first-order valence-electron chi connectivity index (χ1n) is 7.65. The van der Waals surface area contributed by atoms with Crippen LogP contribution in [0.5, 0.6) is 0 Å². The molecule has 1 aromatic heterocycles. The average molecular weight is 343 g/mol. The molecule has 3 aromatic rings. The second-order valence-electron chi connectivity index (χ2n) is 6.02. The molecule has 5 heteroatoms. The third-order valence-electron chi connectivity index (χ3n) is 4.10. The molecule has 1 heterocycles. The number of para-hydroxylation sites is 1. The summed E-state index contributed by atoms with van der Waals surface area (Å²) in [6.07, 6.45) is 0. The monoisotopic (exact) mass is 342 g/mol. The number of rotatable bonds is 3. The van der Waals surface area contributed by atoms with Crippen LogP contribution in [0, 0.1) is 13.8 Å². The van der Waals surface area contributed by atoms with Crippen molar-refractivity contribution in [1.29, 1.82) is 0 Å². The van der Waals surface area contributed by atoms with Crippen LogP contribution in [0.2, 0.25) is 5.02 Å². The summed E-state index contributed by atoms with van der Waals surface area (Å²) in [5.41, 5.74) is 4.16. The number of nitrogens with one attached hydrogen (secondary N) is 1. The zero-order valence-corrected chi connectivity index (χ0v) is 14.9. The average Bonchev–Trinajstić information content (AvgIpc) is 2.88. The number of benzene rings is 2. The molecule has 0 radical (unpaired) electrons. The summed E-state index contributed by atoms with van der Waals surface area (Å²) in [5, 5.41) is 4.27. The van der Waals surface area contributed by atoms with Crippen LogP contribution in [0.4, 0.5) is 11.4 Å². The summed E-state index contributed by atoms with van der Waals surface area (Å²) < 4.78 is 5.71. The molecule has 1 amide bonds. The zero-order valence-electron chi connectivity index (χ0n) is 14.1. The van der Waals surface area contributed by atoms with E-state index >= 15 is 0 Å². The largest absolute Gasteiger partial charge is 0.449 e. The first-order valence-corrected chi connectivity index (χ1v) is 8.03. The van der Waals surface area contributed by atoms with E-state index < -0.39 is 0 Å². The number of carbonyl (C=O) groups excluding carboxylic acids is 1. The van der Waals surface area contributed by atoms with Crippen molar-refractivity contribution in [1.82, 2.24) is 0 Å². The fourth-order valence-electron chi connectivity index (χ4n) is 2.67. The summed E-state index contributed by atoms with van der Waals surface area (Å²) in [7, 11) is 3.96. The van der Waals surface area contributed by atoms with Crippen molar-refractivity contribution < 1.29 is 9.21 Å². The number of anilines is 2. The Morgan fingerprint density at radius 2 is 1.92 bits per heavy atom. The quantitative estimate of drug-likeness (QED) is 0.726. The SMILES string of the molecule is Cc1cc(N(C)C)ccc1NC(=O)c1oc2c(Cl)cccc2c1C. The van der Waals surface area contributed by atoms with Crippen LogP contribution in [-0.2, 0) is 0 Å². The van der Waals surface area contributed by atoms with Gasteiger partial charge in [0, 0.05) is 36.4 Å². The number of hydrogen-bond donors (Lipinski definition) is 1. The molecular formula is C19H19ClN2O2. The molecule has 124 valence electrons. The molecule has 0 aliphatic heterocycles. The van der Waals surface area contributed by atoms with Gasteiger partial charge in [-0.05, 0) is 43.7 Å². The minimum Gasteiger partial charge on any atom is -0.449 e. The van der Waals surface area contributed by atoms with Crippen LogP contribution < -0.4 is 10.2 Å². The van der Waals surface area contributed by atoms with Gasteiger partial charge < -0.3 is 14.6 Å². The molecule has 1 N–H and O–H groups in total. The molecule has 0 fully saturated rings. The maximum absolute atomic E-state index is 12.6. The second kappa shape index (κ2) is 6.21. The Morgan fingerprint density at radius 1 is 1.17 bits per heavy atom. The molecular weight excluding hydrogens is 324 g/mol. The van der Waals surface area contributed by atoms with Crippen molar-refractivity contribution in [2.75, 3.05) is 24.3 Å². The molecule has 0 saturated carbocycles. The third-order valence-corrected chi connectivity index (χ3v) is 4.39. The van der Waals surface area contributed by atoms with Gasteiger partial charge >= 0.3 is 0 Å². The Bertz CT molecular complexity index is 929. The number of fused-ring (bicyclic) bond motifs is 1. The zero-order chi connectivity index (χ0) is 17.4. The van der Waals surface area contributed by atoms with E-state index in [-0.39, 0.29) is 11.7 Å². The second-order valence-corrected chi connectivity index (χ2v) is 6.43. The van der Waals surface area contributed by atoms with Gasteiger partial charge in [0.2, 0.25) is 0 Å². The third kappa shape index (κ3) is 2.85. The van der Waals surface area contributed by atoms with E-state index in [1.165, 1.54) is 0 Å². The first kappa shape index (κ1) is 16.4. The predicted molar refractivity (Wildman–Crippen MR) is 99.4 cm³/mol. The Labute approximate surface area is 146 Å². The van der Waals surface area contributed by atoms with Crippen LogP contribution in [0.15, 0.2) is 40.8 Å². The molecule has 0 unspecified atom stereocenters. The molecule has 0 aliphatic rings. The van der Waals surface area contributed by atoms with Crippen molar-refractivity contribution in [2.24, 2.45) is 0 Å². The number of hydrogen-bond acceptors (Lipinski definition) is 3. The van der Waals surface area contributed by atoms with Gasteiger partial charge in [-0.3, -0.25) is 4.79 Å². The van der Waals surface area contributed by atoms with Crippen molar-refractivity contribution in [3.8, 4) is 0 Å². The molecule has 0 saturated heterocycles. The molecule has 0 aliphatic carbocycles. The van der Waals surface area contributed by atoms with E-state index in [2.05, 4.69) is 5.32 Å². The smallest absolute Gasteiger partial charge is 0.291 e. The van der Waals surface area contributed by atoms with Crippen molar-refractivity contribution in [3.05, 3.63) is 58.3 Å². The van der Waals surface area contributed by atoms with Crippen LogP contribution in [-0.4, -0.2) is 20.0 Å². The standard InChI is InChI=1S/C19H19ClN2O2/c1-11-10-13(22(3)4)8-9-16(11)21-19(23)17-12(2)14-6-5-7-15(20)18(14)24-17/h5-10H,1-4H3,(H,21,23). The topological polar surface area (TPSA) is 45.5 Å². The van der Waals surface area contributed by atoms with E-state index in [0.29, 0.717) is 10.6 Å². The van der Waals surface area contributed by atoms with E-state index in [0.717, 1.165) is 27.9 Å². The predicted octanol–water partition coefficient (Wildman–Crippen LogP) is 5.02. The lowest BCUT2D eigenvalue weighted by Gasteiger charge is -2.15. The van der Waals surface area contributed by atoms with Crippen LogP contribution in [0.25, 0.3) is 11.0 Å². The van der Waals surface area contributed by atoms with Gasteiger partial charge in [-0.15, -0.1) is 0 Å². The molecule has 3 rings (SSSR count). The summed E-state index contributed by atoms with van der Waals surface area (Å²) in [6, 6.07) is 11.4. The molecule has 24 heavy (non-hydrogen) atoms. The van der Waals surface area contributed by atoms with Crippen molar-refractivity contribution >= 4 is 39.9 Å². The highest BCUT2D eigenvalue weighted by molar-refractivity contribution is 6.35. The number of carbonyl (C=O) groups is 1. The summed E-state index contributed by atoms with van der Waals surface area (Å²) in [5.74, 6) is 0.00894. The maximum Gasteiger partial charge on any atom is 0.291 e. The lowest BCUT2D eigenvalue weighted by molar-refractivity contribution is 0.0998. The van der Waals surface area contributed by atoms with E-state index in [1.807, 2.05) is 63.2 Å². The molecule has 0 bridgehead atoms. The molecule has 0 spiro atoms. The van der Waals surface area contributed by atoms with Gasteiger partial charge in [0.25, 0.3) is 5.91 Å². The van der Waals surface area contributed by atoms with Gasteiger partial charge in [-0.2, -0.15) is 0 Å².